The highest BCUT2D eigenvalue weighted by Crippen LogP contribution is 2.29. The van der Waals surface area contributed by atoms with Gasteiger partial charge in [-0.05, 0) is 99.3 Å². The lowest BCUT2D eigenvalue weighted by molar-refractivity contribution is 0.0696. The Morgan fingerprint density at radius 2 is 1.74 bits per heavy atom. The molecule has 5 aromatic rings. The number of aromatic carboxylic acids is 1. The molecule has 0 spiro atoms. The molecule has 220 valence electrons. The quantitative estimate of drug-likeness (QED) is 0.218. The molecule has 0 radical (unpaired) electrons. The molecule has 1 aliphatic heterocycles. The first-order valence-electron chi connectivity index (χ1n) is 14.4. The summed E-state index contributed by atoms with van der Waals surface area (Å²) in [5.41, 5.74) is 4.54. The number of benzene rings is 3. The molecule has 1 amide bonds. The standard InChI is InChI=1S/C33H33FN6O3/c1-21(2)39-20-35-30(31(39)23-3-8-26(34)9-4-23)32(41)37-27-10-5-25-18-36-40(29(25)17-27)19-22-13-15-38(16-14-22)28-11-6-24(7-12-28)33(42)43/h3-12,17-18,20-22H,13-16,19H2,1-2H3,(H,37,41)(H,42,43). The fourth-order valence-corrected chi connectivity index (χ4v) is 5.73. The van der Waals surface area contributed by atoms with Crippen molar-refractivity contribution in [3.63, 3.8) is 0 Å². The first-order chi connectivity index (χ1) is 20.8. The van der Waals surface area contributed by atoms with Crippen LogP contribution in [-0.2, 0) is 6.54 Å². The van der Waals surface area contributed by atoms with Gasteiger partial charge in [-0.2, -0.15) is 5.10 Å². The van der Waals surface area contributed by atoms with Crippen LogP contribution in [0.25, 0.3) is 22.2 Å². The van der Waals surface area contributed by atoms with Crippen molar-refractivity contribution in [2.45, 2.75) is 39.3 Å². The summed E-state index contributed by atoms with van der Waals surface area (Å²) in [6, 6.07) is 18.9. The summed E-state index contributed by atoms with van der Waals surface area (Å²) in [6.45, 7) is 6.55. The van der Waals surface area contributed by atoms with Gasteiger partial charge in [0, 0.05) is 48.0 Å². The lowest BCUT2D eigenvalue weighted by Crippen LogP contribution is -2.35. The second-order valence-electron chi connectivity index (χ2n) is 11.3. The maximum absolute atomic E-state index is 13.6. The number of carbonyl (C=O) groups is 2. The minimum atomic E-state index is -0.920. The molecule has 0 saturated carbocycles. The summed E-state index contributed by atoms with van der Waals surface area (Å²) in [5, 5.41) is 17.8. The number of carboxylic acid groups (broad SMARTS) is 1. The number of aromatic nitrogens is 4. The maximum atomic E-state index is 13.6. The van der Waals surface area contributed by atoms with Gasteiger partial charge in [-0.3, -0.25) is 9.48 Å². The smallest absolute Gasteiger partial charge is 0.335 e. The number of halogens is 1. The van der Waals surface area contributed by atoms with E-state index in [1.807, 2.05) is 59.6 Å². The van der Waals surface area contributed by atoms with E-state index in [9.17, 15) is 14.0 Å². The van der Waals surface area contributed by atoms with Crippen molar-refractivity contribution in [1.29, 1.82) is 0 Å². The van der Waals surface area contributed by atoms with E-state index in [0.29, 0.717) is 22.9 Å². The van der Waals surface area contributed by atoms with E-state index in [0.717, 1.165) is 54.6 Å². The molecule has 3 aromatic carbocycles. The van der Waals surface area contributed by atoms with Crippen LogP contribution in [-0.4, -0.2) is 49.4 Å². The second-order valence-corrected chi connectivity index (χ2v) is 11.3. The molecule has 0 aliphatic carbocycles. The Hall–Kier alpha value is -4.99. The SMILES string of the molecule is CC(C)n1cnc(C(=O)Nc2ccc3cnn(CC4CCN(c5ccc(C(=O)O)cc5)CC4)c3c2)c1-c1ccc(F)cc1. The zero-order valence-corrected chi connectivity index (χ0v) is 24.1. The fourth-order valence-electron chi connectivity index (χ4n) is 5.73. The Morgan fingerprint density at radius 3 is 2.42 bits per heavy atom. The first kappa shape index (κ1) is 28.1. The van der Waals surface area contributed by atoms with Crippen LogP contribution in [0.5, 0.6) is 0 Å². The zero-order chi connectivity index (χ0) is 30.1. The fraction of sp³-hybridized carbons (Fsp3) is 0.273. The van der Waals surface area contributed by atoms with Crippen LogP contribution in [0.4, 0.5) is 15.8 Å². The number of rotatable bonds is 8. The molecule has 2 N–H and O–H groups in total. The highest BCUT2D eigenvalue weighted by molar-refractivity contribution is 6.07. The number of carbonyl (C=O) groups excluding carboxylic acids is 1. The number of fused-ring (bicyclic) bond motifs is 1. The van der Waals surface area contributed by atoms with Crippen molar-refractivity contribution in [2.24, 2.45) is 5.92 Å². The minimum absolute atomic E-state index is 0.0594. The van der Waals surface area contributed by atoms with Gasteiger partial charge in [0.05, 0.1) is 29.3 Å². The van der Waals surface area contributed by atoms with E-state index >= 15 is 0 Å². The van der Waals surface area contributed by atoms with Gasteiger partial charge in [0.1, 0.15) is 5.82 Å². The third-order valence-corrected chi connectivity index (χ3v) is 8.11. The molecule has 1 aliphatic rings. The maximum Gasteiger partial charge on any atom is 0.335 e. The Morgan fingerprint density at radius 1 is 1.02 bits per heavy atom. The number of nitrogens with one attached hydrogen (secondary N) is 1. The average molecular weight is 581 g/mol. The van der Waals surface area contributed by atoms with Gasteiger partial charge in [-0.15, -0.1) is 0 Å². The third kappa shape index (κ3) is 5.86. The van der Waals surface area contributed by atoms with Crippen LogP contribution < -0.4 is 10.2 Å². The van der Waals surface area contributed by atoms with Crippen LogP contribution in [0.15, 0.2) is 79.3 Å². The molecule has 10 heteroatoms. The molecule has 3 heterocycles. The van der Waals surface area contributed by atoms with E-state index in [2.05, 4.69) is 20.3 Å². The highest BCUT2D eigenvalue weighted by Gasteiger charge is 2.23. The van der Waals surface area contributed by atoms with Crippen molar-refractivity contribution < 1.29 is 19.1 Å². The van der Waals surface area contributed by atoms with Crippen molar-refractivity contribution in [3.8, 4) is 11.3 Å². The molecule has 2 aromatic heterocycles. The lowest BCUT2D eigenvalue weighted by Gasteiger charge is -2.33. The van der Waals surface area contributed by atoms with Crippen LogP contribution in [0, 0.1) is 11.7 Å². The van der Waals surface area contributed by atoms with Gasteiger partial charge in [-0.25, -0.2) is 14.2 Å². The number of piperidine rings is 1. The molecule has 1 saturated heterocycles. The summed E-state index contributed by atoms with van der Waals surface area (Å²) < 4.78 is 17.5. The first-order valence-corrected chi connectivity index (χ1v) is 14.4. The number of anilines is 2. The summed E-state index contributed by atoms with van der Waals surface area (Å²) in [4.78, 5) is 31.3. The van der Waals surface area contributed by atoms with Crippen LogP contribution in [0.1, 0.15) is 53.6 Å². The van der Waals surface area contributed by atoms with Crippen molar-refractivity contribution in [3.05, 3.63) is 96.3 Å². The lowest BCUT2D eigenvalue weighted by atomic mass is 9.96. The monoisotopic (exact) mass is 580 g/mol. The molecule has 0 unspecified atom stereocenters. The van der Waals surface area contributed by atoms with Crippen LogP contribution in [0.2, 0.25) is 0 Å². The van der Waals surface area contributed by atoms with Crippen LogP contribution in [0.3, 0.4) is 0 Å². The normalized spacial score (nSPS) is 14.0. The summed E-state index contributed by atoms with van der Waals surface area (Å²) in [7, 11) is 0. The second kappa shape index (κ2) is 11.7. The summed E-state index contributed by atoms with van der Waals surface area (Å²) in [6.07, 6.45) is 5.47. The van der Waals surface area contributed by atoms with Gasteiger partial charge in [-0.1, -0.05) is 0 Å². The van der Waals surface area contributed by atoms with Gasteiger partial charge >= 0.3 is 5.97 Å². The third-order valence-electron chi connectivity index (χ3n) is 8.11. The van der Waals surface area contributed by atoms with Crippen LogP contribution >= 0.6 is 0 Å². The predicted molar refractivity (Wildman–Crippen MR) is 164 cm³/mol. The molecular weight excluding hydrogens is 547 g/mol. The molecular formula is C33H33FN6O3. The van der Waals surface area contributed by atoms with Gasteiger partial charge < -0.3 is 19.9 Å². The predicted octanol–water partition coefficient (Wildman–Crippen LogP) is 6.49. The number of nitrogens with zero attached hydrogens (tertiary/aromatic N) is 5. The topological polar surface area (TPSA) is 105 Å². The van der Waals surface area contributed by atoms with E-state index in [1.165, 1.54) is 12.1 Å². The Labute approximate surface area is 248 Å². The Balaban J connectivity index is 1.16. The van der Waals surface area contributed by atoms with Gasteiger partial charge in [0.15, 0.2) is 5.69 Å². The molecule has 0 bridgehead atoms. The molecule has 6 rings (SSSR count). The molecule has 9 nitrogen and oxygen atoms in total. The molecule has 0 atom stereocenters. The number of imidazole rings is 1. The average Bonchev–Trinajstić information content (AvgIpc) is 3.63. The largest absolute Gasteiger partial charge is 0.478 e. The summed E-state index contributed by atoms with van der Waals surface area (Å²) >= 11 is 0. The number of hydrogen-bond donors (Lipinski definition) is 2. The minimum Gasteiger partial charge on any atom is -0.478 e. The van der Waals surface area contributed by atoms with Gasteiger partial charge in [0.2, 0.25) is 0 Å². The molecule has 1 fully saturated rings. The van der Waals surface area contributed by atoms with E-state index < -0.39 is 5.97 Å². The highest BCUT2D eigenvalue weighted by atomic mass is 19.1. The van der Waals surface area contributed by atoms with Crippen molar-refractivity contribution in [2.75, 3.05) is 23.3 Å². The number of amides is 1. The van der Waals surface area contributed by atoms with E-state index in [4.69, 9.17) is 5.11 Å². The Bertz CT molecular complexity index is 1770. The van der Waals surface area contributed by atoms with E-state index in [1.54, 1.807) is 30.6 Å². The summed E-state index contributed by atoms with van der Waals surface area (Å²) in [5.74, 6) is -1.16. The number of hydrogen-bond acceptors (Lipinski definition) is 5. The Kier molecular flexibility index (Phi) is 7.67. The zero-order valence-electron chi connectivity index (χ0n) is 24.1. The van der Waals surface area contributed by atoms with Crippen molar-refractivity contribution in [1.82, 2.24) is 19.3 Å². The number of carboxylic acids is 1. The van der Waals surface area contributed by atoms with Gasteiger partial charge in [0.25, 0.3) is 5.91 Å². The molecule has 43 heavy (non-hydrogen) atoms. The van der Waals surface area contributed by atoms with Crippen molar-refractivity contribution >= 4 is 34.2 Å². The van der Waals surface area contributed by atoms with E-state index in [-0.39, 0.29) is 23.5 Å².